The molecule has 5 rings (SSSR count). The van der Waals surface area contributed by atoms with Gasteiger partial charge in [0.2, 0.25) is 0 Å². The minimum Gasteiger partial charge on any atom is -0.459 e. The maximum Gasteiger partial charge on any atom is 0.407 e. The molecule has 2 saturated heterocycles. The van der Waals surface area contributed by atoms with Gasteiger partial charge in [-0.2, -0.15) is 0 Å². The first-order chi connectivity index (χ1) is 21.4. The van der Waals surface area contributed by atoms with Gasteiger partial charge in [-0.1, -0.05) is 5.21 Å². The number of alkyl carbamates (subject to hydrolysis) is 1. The molecule has 6 atom stereocenters. The highest BCUT2D eigenvalue weighted by Gasteiger charge is 2.40. The first kappa shape index (κ1) is 31.5. The zero-order valence-corrected chi connectivity index (χ0v) is 24.5. The van der Waals surface area contributed by atoms with E-state index in [9.17, 15) is 33.9 Å². The Morgan fingerprint density at radius 1 is 0.978 bits per heavy atom. The van der Waals surface area contributed by atoms with Gasteiger partial charge in [0.25, 0.3) is 11.1 Å². The maximum atomic E-state index is 12.5. The van der Waals surface area contributed by atoms with E-state index in [1.54, 1.807) is 13.1 Å². The molecule has 19 nitrogen and oxygen atoms in total. The molecule has 0 aliphatic carbocycles. The number of nitrogens with zero attached hydrogens (tertiary/aromatic N) is 5. The highest BCUT2D eigenvalue weighted by Crippen LogP contribution is 2.35. The summed E-state index contributed by atoms with van der Waals surface area (Å²) in [6.07, 6.45) is -0.322. The van der Waals surface area contributed by atoms with Crippen LogP contribution in [-0.4, -0.2) is 82.8 Å². The molecule has 5 heterocycles. The monoisotopic (exact) mass is 632 g/mol. The SMILES string of the molecule is CC(=O)O[C@@H]1C[C@H](n2cc(C)c(=O)[nH]c2=O)O[C@@H]1COC(=O)NCc1cn(C2C[C@H](n3cc(C)c(=O)[nH]c3=O)O[C@@H]2CO)nn1. The Kier molecular flexibility index (Phi) is 9.11. The van der Waals surface area contributed by atoms with Gasteiger partial charge >= 0.3 is 23.4 Å². The van der Waals surface area contributed by atoms with Crippen molar-refractivity contribution in [3.63, 3.8) is 0 Å². The zero-order valence-electron chi connectivity index (χ0n) is 24.5. The van der Waals surface area contributed by atoms with Crippen LogP contribution in [0.4, 0.5) is 4.79 Å². The van der Waals surface area contributed by atoms with Crippen molar-refractivity contribution in [3.05, 3.63) is 77.1 Å². The predicted octanol–water partition coefficient (Wildman–Crippen LogP) is -1.74. The Morgan fingerprint density at radius 3 is 2.18 bits per heavy atom. The van der Waals surface area contributed by atoms with Crippen molar-refractivity contribution in [1.82, 2.24) is 39.4 Å². The summed E-state index contributed by atoms with van der Waals surface area (Å²) in [5.41, 5.74) is -1.42. The number of rotatable bonds is 9. The Labute approximate surface area is 252 Å². The second kappa shape index (κ2) is 13.0. The van der Waals surface area contributed by atoms with Crippen molar-refractivity contribution < 1.29 is 33.6 Å². The average molecular weight is 633 g/mol. The van der Waals surface area contributed by atoms with Crippen LogP contribution in [0.1, 0.15) is 55.1 Å². The van der Waals surface area contributed by atoms with Crippen LogP contribution in [0.3, 0.4) is 0 Å². The maximum absolute atomic E-state index is 12.5. The fourth-order valence-corrected chi connectivity index (χ4v) is 5.22. The molecule has 242 valence electrons. The number of ether oxygens (including phenoxy) is 4. The van der Waals surface area contributed by atoms with Crippen molar-refractivity contribution in [2.75, 3.05) is 13.2 Å². The summed E-state index contributed by atoms with van der Waals surface area (Å²) < 4.78 is 26.2. The smallest absolute Gasteiger partial charge is 0.407 e. The topological polar surface area (TPSA) is 244 Å². The number of amides is 1. The molecule has 0 bridgehead atoms. The third-order valence-electron chi connectivity index (χ3n) is 7.48. The molecular formula is C26H32N8O11. The van der Waals surface area contributed by atoms with Crippen LogP contribution in [0, 0.1) is 13.8 Å². The van der Waals surface area contributed by atoms with Crippen LogP contribution in [0.2, 0.25) is 0 Å². The van der Waals surface area contributed by atoms with Crippen molar-refractivity contribution in [3.8, 4) is 0 Å². The standard InChI is InChI=1S/C26H32N8O11/c1-12-7-32(24(39)28-22(12)37)20-4-16(18(10-35)44-20)34-9-15(30-31-34)6-27-26(41)42-11-19-17(43-14(3)36)5-21(45-19)33-8-13(2)23(38)29-25(33)40/h7-9,16-21,35H,4-6,10-11H2,1-3H3,(H,27,41)(H,28,37,39)(H,29,38,40)/t16?,17-,18-,19-,20-,21-/m1/s1. The summed E-state index contributed by atoms with van der Waals surface area (Å²) in [6, 6.07) is -0.503. The van der Waals surface area contributed by atoms with Gasteiger partial charge in [-0.05, 0) is 13.8 Å². The van der Waals surface area contributed by atoms with E-state index < -0.39 is 71.4 Å². The van der Waals surface area contributed by atoms with Gasteiger partial charge in [0.05, 0.1) is 25.4 Å². The summed E-state index contributed by atoms with van der Waals surface area (Å²) in [5, 5.41) is 20.5. The normalized spacial score (nSPS) is 24.4. The van der Waals surface area contributed by atoms with E-state index in [2.05, 4.69) is 25.6 Å². The third-order valence-corrected chi connectivity index (χ3v) is 7.48. The largest absolute Gasteiger partial charge is 0.459 e. The van der Waals surface area contributed by atoms with Crippen LogP contribution >= 0.6 is 0 Å². The lowest BCUT2D eigenvalue weighted by atomic mass is 10.1. The Hall–Kier alpha value is -4.88. The van der Waals surface area contributed by atoms with Crippen LogP contribution in [-0.2, 0) is 30.3 Å². The number of esters is 1. The zero-order chi connectivity index (χ0) is 32.4. The minimum atomic E-state index is -0.894. The molecule has 45 heavy (non-hydrogen) atoms. The van der Waals surface area contributed by atoms with Gasteiger partial charge < -0.3 is 29.4 Å². The highest BCUT2D eigenvalue weighted by molar-refractivity contribution is 5.67. The number of hydrogen-bond acceptors (Lipinski definition) is 13. The number of aromatic nitrogens is 7. The predicted molar refractivity (Wildman–Crippen MR) is 149 cm³/mol. The second-order valence-corrected chi connectivity index (χ2v) is 10.7. The Morgan fingerprint density at radius 2 is 1.58 bits per heavy atom. The fourth-order valence-electron chi connectivity index (χ4n) is 5.22. The summed E-state index contributed by atoms with van der Waals surface area (Å²) in [5.74, 6) is -0.588. The summed E-state index contributed by atoms with van der Waals surface area (Å²) >= 11 is 0. The van der Waals surface area contributed by atoms with Gasteiger partial charge in [0.15, 0.2) is 0 Å². The van der Waals surface area contributed by atoms with Crippen LogP contribution in [0.25, 0.3) is 0 Å². The second-order valence-electron chi connectivity index (χ2n) is 10.7. The lowest BCUT2D eigenvalue weighted by molar-refractivity contribution is -0.150. The van der Waals surface area contributed by atoms with Crippen LogP contribution < -0.4 is 27.8 Å². The lowest BCUT2D eigenvalue weighted by Crippen LogP contribution is -2.34. The van der Waals surface area contributed by atoms with Gasteiger partial charge in [0.1, 0.15) is 43.1 Å². The molecule has 3 aromatic rings. The van der Waals surface area contributed by atoms with E-state index >= 15 is 0 Å². The number of aliphatic hydroxyl groups is 1. The summed E-state index contributed by atoms with van der Waals surface area (Å²) in [7, 11) is 0. The highest BCUT2D eigenvalue weighted by atomic mass is 16.6. The summed E-state index contributed by atoms with van der Waals surface area (Å²) in [6.45, 7) is 3.54. The van der Waals surface area contributed by atoms with Crippen molar-refractivity contribution in [2.24, 2.45) is 0 Å². The molecule has 2 aliphatic heterocycles. The van der Waals surface area contributed by atoms with Crippen LogP contribution in [0.5, 0.6) is 0 Å². The molecule has 1 unspecified atom stereocenters. The minimum absolute atomic E-state index is 0.0776. The third kappa shape index (κ3) is 6.94. The first-order valence-corrected chi connectivity index (χ1v) is 14.0. The van der Waals surface area contributed by atoms with Gasteiger partial charge in [0, 0.05) is 43.3 Å². The molecule has 0 saturated carbocycles. The van der Waals surface area contributed by atoms with Gasteiger partial charge in [-0.3, -0.25) is 33.5 Å². The number of carbonyl (C=O) groups excluding carboxylic acids is 2. The fraction of sp³-hybridized carbons (Fsp3) is 0.538. The van der Waals surface area contributed by atoms with Crippen molar-refractivity contribution in [1.29, 1.82) is 0 Å². The number of aliphatic hydroxyl groups excluding tert-OH is 1. The Bertz CT molecular complexity index is 1810. The quantitative estimate of drug-likeness (QED) is 0.192. The van der Waals surface area contributed by atoms with Crippen molar-refractivity contribution >= 4 is 12.1 Å². The molecule has 4 N–H and O–H groups in total. The Balaban J connectivity index is 1.17. The average Bonchev–Trinajstić information content (AvgIpc) is 3.73. The molecule has 2 fully saturated rings. The van der Waals surface area contributed by atoms with Crippen molar-refractivity contribution in [2.45, 2.75) is 77.0 Å². The summed E-state index contributed by atoms with van der Waals surface area (Å²) in [4.78, 5) is 76.6. The molecule has 0 aromatic carbocycles. The number of H-pyrrole nitrogens is 2. The van der Waals surface area contributed by atoms with Gasteiger partial charge in [-0.25, -0.2) is 19.1 Å². The molecule has 0 radical (unpaired) electrons. The molecule has 1 amide bonds. The van der Waals surface area contributed by atoms with E-state index in [0.717, 1.165) is 0 Å². The molecule has 19 heteroatoms. The van der Waals surface area contributed by atoms with E-state index in [1.807, 2.05) is 0 Å². The number of aromatic amines is 2. The lowest BCUT2D eigenvalue weighted by Gasteiger charge is -2.18. The number of nitrogens with one attached hydrogen (secondary N) is 3. The van der Waals surface area contributed by atoms with E-state index in [0.29, 0.717) is 11.3 Å². The number of aryl methyl sites for hydroxylation is 2. The number of carbonyl (C=O) groups is 2. The number of hydrogen-bond donors (Lipinski definition) is 4. The molecule has 3 aromatic heterocycles. The first-order valence-electron chi connectivity index (χ1n) is 14.0. The van der Waals surface area contributed by atoms with E-state index in [-0.39, 0.29) is 38.2 Å². The van der Waals surface area contributed by atoms with E-state index in [4.69, 9.17) is 18.9 Å². The van der Waals surface area contributed by atoms with Crippen LogP contribution in [0.15, 0.2) is 37.8 Å². The van der Waals surface area contributed by atoms with Gasteiger partial charge in [-0.15, -0.1) is 5.10 Å². The molecule has 2 aliphatic rings. The van der Waals surface area contributed by atoms with E-state index in [1.165, 1.54) is 40.1 Å². The molecule has 0 spiro atoms. The molecular weight excluding hydrogens is 600 g/mol.